The van der Waals surface area contributed by atoms with Gasteiger partial charge in [-0.1, -0.05) is 30.3 Å². The van der Waals surface area contributed by atoms with Crippen LogP contribution in [0.2, 0.25) is 0 Å². The summed E-state index contributed by atoms with van der Waals surface area (Å²) in [5.74, 6) is 0.170. The monoisotopic (exact) mass is 408 g/mol. The Hall–Kier alpha value is -2.96. The van der Waals surface area contributed by atoms with Crippen LogP contribution in [-0.4, -0.2) is 58.8 Å². The predicted octanol–water partition coefficient (Wildman–Crippen LogP) is 2.86. The predicted molar refractivity (Wildman–Crippen MR) is 113 cm³/mol. The van der Waals surface area contributed by atoms with E-state index in [0.717, 1.165) is 50.2 Å². The molecule has 1 aromatic heterocycles. The Kier molecular flexibility index (Phi) is 6.26. The lowest BCUT2D eigenvalue weighted by Crippen LogP contribution is -2.48. The van der Waals surface area contributed by atoms with E-state index in [0.29, 0.717) is 6.42 Å². The number of hydrogen-bond acceptors (Lipinski definition) is 6. The highest BCUT2D eigenvalue weighted by atomic mass is 16.5. The number of anilines is 1. The average molecular weight is 409 g/mol. The third-order valence-electron chi connectivity index (χ3n) is 5.64. The van der Waals surface area contributed by atoms with Crippen molar-refractivity contribution in [3.63, 3.8) is 0 Å². The van der Waals surface area contributed by atoms with Gasteiger partial charge in [-0.25, -0.2) is 4.79 Å². The second-order valence-corrected chi connectivity index (χ2v) is 7.87. The number of nitrogens with zero attached hydrogens (tertiary/aromatic N) is 4. The summed E-state index contributed by atoms with van der Waals surface area (Å²) in [5.41, 5.74) is 1.26. The summed E-state index contributed by atoms with van der Waals surface area (Å²) in [7, 11) is 0. The molecule has 1 saturated heterocycles. The van der Waals surface area contributed by atoms with Gasteiger partial charge >= 0.3 is 5.97 Å². The molecule has 7 nitrogen and oxygen atoms in total. The van der Waals surface area contributed by atoms with E-state index in [9.17, 15) is 9.59 Å². The lowest BCUT2D eigenvalue weighted by molar-refractivity contribution is -0.148. The molecule has 30 heavy (non-hydrogen) atoms. The van der Waals surface area contributed by atoms with Crippen molar-refractivity contribution in [2.24, 2.45) is 0 Å². The molecule has 2 heterocycles. The summed E-state index contributed by atoms with van der Waals surface area (Å²) < 4.78 is 5.33. The number of hydrogen-bond donors (Lipinski definition) is 0. The number of ether oxygens (including phenoxy) is 1. The van der Waals surface area contributed by atoms with Gasteiger partial charge in [0.15, 0.2) is 11.5 Å². The number of aromatic nitrogens is 2. The number of esters is 1. The lowest BCUT2D eigenvalue weighted by Gasteiger charge is -2.30. The van der Waals surface area contributed by atoms with Crippen LogP contribution in [0.5, 0.6) is 0 Å². The van der Waals surface area contributed by atoms with E-state index in [2.05, 4.69) is 15.1 Å². The minimum absolute atomic E-state index is 0.0377. The van der Waals surface area contributed by atoms with Gasteiger partial charge in [0, 0.05) is 25.6 Å². The molecule has 2 aromatic rings. The summed E-state index contributed by atoms with van der Waals surface area (Å²) in [4.78, 5) is 30.1. The molecule has 1 unspecified atom stereocenters. The maximum absolute atomic E-state index is 13.4. The summed E-state index contributed by atoms with van der Waals surface area (Å²) in [6, 6.07) is 12.7. The number of carbonyl (C=O) groups is 2. The molecule has 158 valence electrons. The van der Waals surface area contributed by atoms with Gasteiger partial charge in [-0.15, -0.1) is 10.2 Å². The first kappa shape index (κ1) is 20.3. The Morgan fingerprint density at radius 3 is 2.43 bits per heavy atom. The van der Waals surface area contributed by atoms with Gasteiger partial charge in [0.25, 0.3) is 5.91 Å². The van der Waals surface area contributed by atoms with Gasteiger partial charge in [0.1, 0.15) is 6.04 Å². The number of amides is 1. The van der Waals surface area contributed by atoms with Gasteiger partial charge in [0.05, 0.1) is 6.61 Å². The Morgan fingerprint density at radius 2 is 1.83 bits per heavy atom. The number of carbonyl (C=O) groups excluding carboxylic acids is 2. The zero-order valence-corrected chi connectivity index (χ0v) is 17.4. The third kappa shape index (κ3) is 4.61. The van der Waals surface area contributed by atoms with E-state index in [1.165, 1.54) is 0 Å². The summed E-state index contributed by atoms with van der Waals surface area (Å²) in [6.07, 6.45) is 4.49. The third-order valence-corrected chi connectivity index (χ3v) is 5.64. The van der Waals surface area contributed by atoms with Crippen LogP contribution in [0.1, 0.15) is 48.7 Å². The molecule has 2 fully saturated rings. The van der Waals surface area contributed by atoms with Crippen molar-refractivity contribution >= 4 is 17.7 Å². The van der Waals surface area contributed by atoms with Crippen molar-refractivity contribution in [2.45, 2.75) is 51.1 Å². The van der Waals surface area contributed by atoms with E-state index < -0.39 is 6.04 Å². The van der Waals surface area contributed by atoms with E-state index in [1.54, 1.807) is 17.9 Å². The molecule has 1 aliphatic heterocycles. The van der Waals surface area contributed by atoms with Crippen LogP contribution < -0.4 is 4.90 Å². The van der Waals surface area contributed by atoms with E-state index in [1.807, 2.05) is 36.4 Å². The molecule has 0 bridgehead atoms. The Morgan fingerprint density at radius 1 is 1.10 bits per heavy atom. The molecule has 0 radical (unpaired) electrons. The van der Waals surface area contributed by atoms with Crippen LogP contribution in [0.3, 0.4) is 0 Å². The smallest absolute Gasteiger partial charge is 0.329 e. The average Bonchev–Trinajstić information content (AvgIpc) is 3.45. The molecular weight excluding hydrogens is 380 g/mol. The van der Waals surface area contributed by atoms with Gasteiger partial charge in [-0.05, 0) is 50.3 Å². The van der Waals surface area contributed by atoms with Gasteiger partial charge in [-0.3, -0.25) is 4.79 Å². The molecule has 1 saturated carbocycles. The Bertz CT molecular complexity index is 862. The molecule has 1 aromatic carbocycles. The Labute approximate surface area is 177 Å². The van der Waals surface area contributed by atoms with Crippen LogP contribution in [0.25, 0.3) is 0 Å². The number of rotatable bonds is 8. The highest BCUT2D eigenvalue weighted by molar-refractivity contribution is 5.95. The normalized spacial score (nSPS) is 16.9. The first-order valence-electron chi connectivity index (χ1n) is 10.8. The van der Waals surface area contributed by atoms with Crippen LogP contribution in [0.4, 0.5) is 5.82 Å². The minimum atomic E-state index is -0.674. The number of benzene rings is 1. The molecule has 7 heteroatoms. The lowest BCUT2D eigenvalue weighted by atomic mass is 10.0. The second kappa shape index (κ2) is 9.24. The van der Waals surface area contributed by atoms with Crippen molar-refractivity contribution in [1.29, 1.82) is 0 Å². The molecule has 4 rings (SSSR count). The van der Waals surface area contributed by atoms with Crippen LogP contribution in [-0.2, 0) is 16.0 Å². The standard InChI is InChI=1S/C23H28N4O3/c1-2-30-23(29)20(16-17-8-4-3-5-9-17)27(18-10-11-18)22(28)19-12-13-21(25-24-19)26-14-6-7-15-26/h3-5,8-9,12-13,18,20H,2,6-7,10-11,14-16H2,1H3. The van der Waals surface area contributed by atoms with Crippen LogP contribution >= 0.6 is 0 Å². The molecule has 1 aliphatic carbocycles. The summed E-state index contributed by atoms with van der Waals surface area (Å²) in [5, 5.41) is 8.49. The Balaban J connectivity index is 1.57. The van der Waals surface area contributed by atoms with Gasteiger partial charge in [-0.2, -0.15) is 0 Å². The second-order valence-electron chi connectivity index (χ2n) is 7.87. The molecule has 1 amide bonds. The molecule has 1 atom stereocenters. The molecule has 0 spiro atoms. The fraction of sp³-hybridized carbons (Fsp3) is 0.478. The van der Waals surface area contributed by atoms with E-state index in [-0.39, 0.29) is 30.2 Å². The first-order chi connectivity index (χ1) is 14.7. The van der Waals surface area contributed by atoms with E-state index >= 15 is 0 Å². The minimum Gasteiger partial charge on any atom is -0.464 e. The van der Waals surface area contributed by atoms with Gasteiger partial charge in [0.2, 0.25) is 0 Å². The molecule has 0 N–H and O–H groups in total. The molecule has 2 aliphatic rings. The fourth-order valence-electron chi connectivity index (χ4n) is 3.97. The van der Waals surface area contributed by atoms with Crippen molar-refractivity contribution in [3.05, 3.63) is 53.7 Å². The van der Waals surface area contributed by atoms with Crippen molar-refractivity contribution in [2.75, 3.05) is 24.6 Å². The maximum atomic E-state index is 13.4. The van der Waals surface area contributed by atoms with Crippen LogP contribution in [0.15, 0.2) is 42.5 Å². The van der Waals surface area contributed by atoms with Crippen molar-refractivity contribution in [3.8, 4) is 0 Å². The highest BCUT2D eigenvalue weighted by Gasteiger charge is 2.42. The van der Waals surface area contributed by atoms with E-state index in [4.69, 9.17) is 4.74 Å². The summed E-state index contributed by atoms with van der Waals surface area (Å²) in [6.45, 7) is 4.00. The summed E-state index contributed by atoms with van der Waals surface area (Å²) >= 11 is 0. The topological polar surface area (TPSA) is 75.6 Å². The maximum Gasteiger partial charge on any atom is 0.329 e. The van der Waals surface area contributed by atoms with Crippen molar-refractivity contribution in [1.82, 2.24) is 15.1 Å². The fourth-order valence-corrected chi connectivity index (χ4v) is 3.97. The first-order valence-corrected chi connectivity index (χ1v) is 10.8. The zero-order chi connectivity index (χ0) is 20.9. The zero-order valence-electron chi connectivity index (χ0n) is 17.4. The van der Waals surface area contributed by atoms with Crippen LogP contribution in [0, 0.1) is 0 Å². The largest absolute Gasteiger partial charge is 0.464 e. The quantitative estimate of drug-likeness (QED) is 0.625. The SMILES string of the molecule is CCOC(=O)C(Cc1ccccc1)N(C(=O)c1ccc(N2CCCC2)nn1)C1CC1. The molecular formula is C23H28N4O3. The highest BCUT2D eigenvalue weighted by Crippen LogP contribution is 2.31. The van der Waals surface area contributed by atoms with Gasteiger partial charge < -0.3 is 14.5 Å². The van der Waals surface area contributed by atoms with Crippen molar-refractivity contribution < 1.29 is 14.3 Å².